The van der Waals surface area contributed by atoms with Gasteiger partial charge in [0.05, 0.1) is 0 Å². The predicted octanol–water partition coefficient (Wildman–Crippen LogP) is 5.48. The molecule has 0 spiro atoms. The Labute approximate surface area is 160 Å². The fourth-order valence-corrected chi connectivity index (χ4v) is 3.81. The van der Waals surface area contributed by atoms with Crippen LogP contribution in [0.25, 0.3) is 6.08 Å². The third kappa shape index (κ3) is 4.65. The van der Waals surface area contributed by atoms with Gasteiger partial charge in [-0.15, -0.1) is 0 Å². The zero-order valence-electron chi connectivity index (χ0n) is 15.1. The summed E-state index contributed by atoms with van der Waals surface area (Å²) in [5.74, 6) is -0.0684. The van der Waals surface area contributed by atoms with Gasteiger partial charge in [0.15, 0.2) is 0 Å². The van der Waals surface area contributed by atoms with Gasteiger partial charge in [0.25, 0.3) is 0 Å². The average Bonchev–Trinajstić information content (AvgIpc) is 2.54. The molecule has 2 atom stereocenters. The van der Waals surface area contributed by atoms with Gasteiger partial charge in [0, 0.05) is 28.1 Å². The van der Waals surface area contributed by atoms with Gasteiger partial charge >= 0.3 is 0 Å². The van der Waals surface area contributed by atoms with Crippen LogP contribution in [0.15, 0.2) is 54.1 Å². The Bertz CT molecular complexity index is 743. The van der Waals surface area contributed by atoms with Crippen LogP contribution in [-0.4, -0.2) is 30.6 Å². The molecule has 2 aromatic carbocycles. The minimum absolute atomic E-state index is 0.0684. The largest absolute Gasteiger partial charge is 0.380 e. The van der Waals surface area contributed by atoms with E-state index in [2.05, 4.69) is 4.90 Å². The molecule has 0 aliphatic rings. The van der Waals surface area contributed by atoms with E-state index in [4.69, 9.17) is 23.2 Å². The highest BCUT2D eigenvalue weighted by atomic mass is 35.5. The third-order valence-corrected chi connectivity index (χ3v) is 5.03. The number of nitrogens with zero attached hydrogens (tertiary/aromatic N) is 1. The van der Waals surface area contributed by atoms with Crippen molar-refractivity contribution < 1.29 is 5.11 Å². The Hall–Kier alpha value is -1.32. The summed E-state index contributed by atoms with van der Waals surface area (Å²) in [5.41, 5.74) is 1.37. The molecular weight excluding hydrogens is 353 g/mol. The Kier molecular flexibility index (Phi) is 6.70. The van der Waals surface area contributed by atoms with Gasteiger partial charge < -0.3 is 10.0 Å². The summed E-state index contributed by atoms with van der Waals surface area (Å²) in [6.45, 7) is 4.70. The molecule has 0 amide bonds. The van der Waals surface area contributed by atoms with Crippen LogP contribution >= 0.6 is 23.2 Å². The van der Waals surface area contributed by atoms with Gasteiger partial charge in [-0.25, -0.2) is 0 Å². The lowest BCUT2D eigenvalue weighted by molar-refractivity contribution is 0.0106. The summed E-state index contributed by atoms with van der Waals surface area (Å²) in [6.07, 6.45) is 2.01. The lowest BCUT2D eigenvalue weighted by atomic mass is 9.76. The molecule has 0 fully saturated rings. The molecule has 0 aliphatic heterocycles. The van der Waals surface area contributed by atoms with E-state index in [1.165, 1.54) is 0 Å². The SMILES string of the molecule is C/C(=C\c1ccccc1)C(O)(c1ccc(Cl)cc1Cl)C(C)CN(C)C. The number of benzene rings is 2. The first-order valence-corrected chi connectivity index (χ1v) is 9.07. The number of hydrogen-bond donors (Lipinski definition) is 1. The molecule has 0 heterocycles. The van der Waals surface area contributed by atoms with E-state index >= 15 is 0 Å². The van der Waals surface area contributed by atoms with Gasteiger partial charge in [-0.05, 0) is 44.3 Å². The van der Waals surface area contributed by atoms with Crippen molar-refractivity contribution in [1.82, 2.24) is 4.90 Å². The van der Waals surface area contributed by atoms with Crippen molar-refractivity contribution in [1.29, 1.82) is 0 Å². The summed E-state index contributed by atoms with van der Waals surface area (Å²) in [7, 11) is 3.99. The van der Waals surface area contributed by atoms with Gasteiger partial charge in [-0.1, -0.05) is 72.6 Å². The highest BCUT2D eigenvalue weighted by Gasteiger charge is 2.39. The van der Waals surface area contributed by atoms with Gasteiger partial charge in [0.1, 0.15) is 5.60 Å². The third-order valence-electron chi connectivity index (χ3n) is 4.48. The van der Waals surface area contributed by atoms with Crippen molar-refractivity contribution in [2.45, 2.75) is 19.4 Å². The van der Waals surface area contributed by atoms with E-state index in [0.717, 1.165) is 17.7 Å². The first-order chi connectivity index (χ1) is 11.7. The first kappa shape index (κ1) is 20.0. The lowest BCUT2D eigenvalue weighted by Crippen LogP contribution is -2.40. The maximum Gasteiger partial charge on any atom is 0.116 e. The Morgan fingerprint density at radius 2 is 1.80 bits per heavy atom. The standard InChI is InChI=1S/C21H25Cl2NO/c1-15(12-17-8-6-5-7-9-17)21(25,16(2)14-24(3)4)19-11-10-18(22)13-20(19)23/h5-13,16,25H,14H2,1-4H3/b15-12+. The fourth-order valence-electron chi connectivity index (χ4n) is 3.25. The summed E-state index contributed by atoms with van der Waals surface area (Å²) >= 11 is 12.5. The van der Waals surface area contributed by atoms with Gasteiger partial charge in [-0.2, -0.15) is 0 Å². The van der Waals surface area contributed by atoms with Crippen LogP contribution < -0.4 is 0 Å². The van der Waals surface area contributed by atoms with Crippen LogP contribution in [0.2, 0.25) is 10.0 Å². The quantitative estimate of drug-likeness (QED) is 0.719. The predicted molar refractivity (Wildman–Crippen MR) is 108 cm³/mol. The van der Waals surface area contributed by atoms with Crippen LogP contribution in [0.4, 0.5) is 0 Å². The molecule has 0 saturated carbocycles. The average molecular weight is 378 g/mol. The molecule has 0 saturated heterocycles. The second-order valence-electron chi connectivity index (χ2n) is 6.79. The van der Waals surface area contributed by atoms with Crippen LogP contribution in [0.5, 0.6) is 0 Å². The topological polar surface area (TPSA) is 23.5 Å². The molecule has 0 aliphatic carbocycles. The second-order valence-corrected chi connectivity index (χ2v) is 7.64. The second kappa shape index (κ2) is 8.37. The molecule has 0 radical (unpaired) electrons. The van der Waals surface area contributed by atoms with E-state index < -0.39 is 5.60 Å². The Morgan fingerprint density at radius 3 is 2.36 bits per heavy atom. The molecule has 4 heteroatoms. The van der Waals surface area contributed by atoms with Crippen LogP contribution in [0.3, 0.4) is 0 Å². The zero-order chi connectivity index (χ0) is 18.6. The molecule has 0 bridgehead atoms. The molecule has 2 unspecified atom stereocenters. The van der Waals surface area contributed by atoms with Gasteiger partial charge in [0.2, 0.25) is 0 Å². The van der Waals surface area contributed by atoms with Crippen molar-refractivity contribution in [3.63, 3.8) is 0 Å². The highest BCUT2D eigenvalue weighted by Crippen LogP contribution is 2.42. The van der Waals surface area contributed by atoms with E-state index in [1.807, 2.05) is 70.4 Å². The van der Waals surface area contributed by atoms with Crippen molar-refractivity contribution in [2.75, 3.05) is 20.6 Å². The molecule has 0 aromatic heterocycles. The fraction of sp³-hybridized carbons (Fsp3) is 0.333. The Morgan fingerprint density at radius 1 is 1.16 bits per heavy atom. The summed E-state index contributed by atoms with van der Waals surface area (Å²) in [5, 5.41) is 12.8. The maximum absolute atomic E-state index is 11.8. The minimum Gasteiger partial charge on any atom is -0.380 e. The van der Waals surface area contributed by atoms with Crippen molar-refractivity contribution in [3.05, 3.63) is 75.3 Å². The van der Waals surface area contributed by atoms with Crippen molar-refractivity contribution in [2.24, 2.45) is 5.92 Å². The molecule has 25 heavy (non-hydrogen) atoms. The smallest absolute Gasteiger partial charge is 0.116 e. The van der Waals surface area contributed by atoms with Crippen LogP contribution in [-0.2, 0) is 5.60 Å². The lowest BCUT2D eigenvalue weighted by Gasteiger charge is -2.38. The molecule has 2 rings (SSSR count). The molecular formula is C21H25Cl2NO. The van der Waals surface area contributed by atoms with E-state index in [1.54, 1.807) is 12.1 Å². The zero-order valence-corrected chi connectivity index (χ0v) is 16.6. The minimum atomic E-state index is -1.19. The molecule has 2 aromatic rings. The summed E-state index contributed by atoms with van der Waals surface area (Å²) < 4.78 is 0. The molecule has 134 valence electrons. The Balaban J connectivity index is 2.57. The van der Waals surface area contributed by atoms with Crippen LogP contribution in [0.1, 0.15) is 25.0 Å². The number of aliphatic hydroxyl groups is 1. The summed E-state index contributed by atoms with van der Waals surface area (Å²) in [6, 6.07) is 15.2. The van der Waals surface area contributed by atoms with E-state index in [9.17, 15) is 5.11 Å². The number of rotatable bonds is 6. The van der Waals surface area contributed by atoms with E-state index in [0.29, 0.717) is 15.6 Å². The monoisotopic (exact) mass is 377 g/mol. The first-order valence-electron chi connectivity index (χ1n) is 8.31. The van der Waals surface area contributed by atoms with Gasteiger partial charge in [-0.3, -0.25) is 0 Å². The van der Waals surface area contributed by atoms with Crippen molar-refractivity contribution in [3.8, 4) is 0 Å². The van der Waals surface area contributed by atoms with Crippen molar-refractivity contribution >= 4 is 29.3 Å². The van der Waals surface area contributed by atoms with Crippen LogP contribution in [0, 0.1) is 5.92 Å². The summed E-state index contributed by atoms with van der Waals surface area (Å²) in [4.78, 5) is 2.06. The molecule has 1 N–H and O–H groups in total. The highest BCUT2D eigenvalue weighted by molar-refractivity contribution is 6.35. The number of hydrogen-bond acceptors (Lipinski definition) is 2. The normalized spacial score (nSPS) is 15.9. The molecule has 2 nitrogen and oxygen atoms in total. The maximum atomic E-state index is 11.8. The van der Waals surface area contributed by atoms with E-state index in [-0.39, 0.29) is 5.92 Å². The number of halogens is 2.